The average molecular weight is 316 g/mol. The molecule has 0 bridgehead atoms. The summed E-state index contributed by atoms with van der Waals surface area (Å²) >= 11 is 3.37. The molecule has 11 heteroatoms. The van der Waals surface area contributed by atoms with Gasteiger partial charge in [-0.3, -0.25) is 9.59 Å². The summed E-state index contributed by atoms with van der Waals surface area (Å²) in [6.45, 7) is 0. The predicted octanol–water partition coefficient (Wildman–Crippen LogP) is 0.260. The Morgan fingerprint density at radius 2 is 1.37 bits per heavy atom. The number of hydrogen-bond acceptors (Lipinski definition) is 9. The lowest BCUT2D eigenvalue weighted by molar-refractivity contribution is 0.0948. The van der Waals surface area contributed by atoms with Gasteiger partial charge in [0.25, 0.3) is 11.8 Å². The standard InChI is InChI=1S/C8H8N6O2S3/c1-9-5(15)3-7(18-13-11-3)17-8-4(6(16)10-2)12-14-19-8/h1-2H3,(H,9,15)(H,10,16). The van der Waals surface area contributed by atoms with Crippen molar-refractivity contribution in [2.24, 2.45) is 0 Å². The minimum absolute atomic E-state index is 0.230. The molecular formula is C8H8N6O2S3. The summed E-state index contributed by atoms with van der Waals surface area (Å²) in [5.74, 6) is -0.648. The molecule has 2 N–H and O–H groups in total. The van der Waals surface area contributed by atoms with Crippen LogP contribution in [0.4, 0.5) is 0 Å². The number of hydrogen-bond donors (Lipinski definition) is 2. The van der Waals surface area contributed by atoms with Crippen LogP contribution in [0.2, 0.25) is 0 Å². The summed E-state index contributed by atoms with van der Waals surface area (Å²) in [7, 11) is 3.03. The number of nitrogens with zero attached hydrogens (tertiary/aromatic N) is 4. The van der Waals surface area contributed by atoms with E-state index in [9.17, 15) is 9.59 Å². The van der Waals surface area contributed by atoms with E-state index in [0.717, 1.165) is 23.1 Å². The third-order valence-electron chi connectivity index (χ3n) is 1.99. The molecule has 0 radical (unpaired) electrons. The second-order valence-electron chi connectivity index (χ2n) is 3.08. The van der Waals surface area contributed by atoms with Crippen molar-refractivity contribution in [3.05, 3.63) is 11.4 Å². The van der Waals surface area contributed by atoms with Gasteiger partial charge in [-0.15, -0.1) is 10.2 Å². The Hall–Kier alpha value is -1.59. The van der Waals surface area contributed by atoms with Crippen molar-refractivity contribution in [3.8, 4) is 0 Å². The van der Waals surface area contributed by atoms with Gasteiger partial charge in [-0.1, -0.05) is 20.7 Å². The maximum atomic E-state index is 11.6. The molecule has 2 aromatic heterocycles. The normalized spacial score (nSPS) is 10.2. The highest BCUT2D eigenvalue weighted by Gasteiger charge is 2.21. The molecule has 8 nitrogen and oxygen atoms in total. The van der Waals surface area contributed by atoms with Gasteiger partial charge >= 0.3 is 0 Å². The first-order chi connectivity index (χ1) is 9.17. The Balaban J connectivity index is 2.27. The van der Waals surface area contributed by atoms with E-state index in [-0.39, 0.29) is 23.2 Å². The molecule has 100 valence electrons. The maximum absolute atomic E-state index is 11.6. The van der Waals surface area contributed by atoms with Gasteiger partial charge in [0.15, 0.2) is 11.4 Å². The number of carbonyl (C=O) groups is 2. The van der Waals surface area contributed by atoms with E-state index in [2.05, 4.69) is 29.8 Å². The lowest BCUT2D eigenvalue weighted by Crippen LogP contribution is -2.19. The van der Waals surface area contributed by atoms with Crippen LogP contribution in [0.15, 0.2) is 8.42 Å². The number of rotatable bonds is 4. The molecule has 2 amide bonds. The zero-order chi connectivity index (χ0) is 13.8. The molecule has 0 saturated heterocycles. The Morgan fingerprint density at radius 1 is 0.947 bits per heavy atom. The third-order valence-corrected chi connectivity index (χ3v) is 4.74. The summed E-state index contributed by atoms with van der Waals surface area (Å²) in [5.41, 5.74) is 0.461. The van der Waals surface area contributed by atoms with E-state index in [0.29, 0.717) is 8.42 Å². The van der Waals surface area contributed by atoms with Crippen LogP contribution < -0.4 is 10.6 Å². The summed E-state index contributed by atoms with van der Waals surface area (Å²) in [5, 5.41) is 12.5. The lowest BCUT2D eigenvalue weighted by atomic mass is 10.5. The van der Waals surface area contributed by atoms with E-state index in [1.54, 1.807) is 0 Å². The van der Waals surface area contributed by atoms with Crippen molar-refractivity contribution in [1.82, 2.24) is 29.8 Å². The molecule has 0 saturated carbocycles. The summed E-state index contributed by atoms with van der Waals surface area (Å²) < 4.78 is 8.67. The van der Waals surface area contributed by atoms with Crippen molar-refractivity contribution in [2.45, 2.75) is 8.42 Å². The summed E-state index contributed by atoms with van der Waals surface area (Å²) in [6, 6.07) is 0. The topological polar surface area (TPSA) is 110 Å². The van der Waals surface area contributed by atoms with Gasteiger partial charge in [0.1, 0.15) is 8.42 Å². The molecule has 0 aliphatic rings. The van der Waals surface area contributed by atoms with Gasteiger partial charge < -0.3 is 10.6 Å². The van der Waals surface area contributed by atoms with Gasteiger partial charge in [-0.25, -0.2) is 0 Å². The highest BCUT2D eigenvalue weighted by molar-refractivity contribution is 8.02. The van der Waals surface area contributed by atoms with Crippen molar-refractivity contribution in [2.75, 3.05) is 14.1 Å². The van der Waals surface area contributed by atoms with Gasteiger partial charge in [0.05, 0.1) is 0 Å². The van der Waals surface area contributed by atoms with Gasteiger partial charge in [-0.05, 0) is 23.1 Å². The third kappa shape index (κ3) is 2.88. The minimum atomic E-state index is -0.324. The van der Waals surface area contributed by atoms with Crippen molar-refractivity contribution >= 4 is 46.6 Å². The molecular weight excluding hydrogens is 308 g/mol. The Morgan fingerprint density at radius 3 is 1.74 bits per heavy atom. The molecule has 0 unspecified atom stereocenters. The van der Waals surface area contributed by atoms with Gasteiger partial charge in [0, 0.05) is 14.1 Å². The average Bonchev–Trinajstić information content (AvgIpc) is 3.06. The fourth-order valence-corrected chi connectivity index (χ4v) is 3.71. The zero-order valence-corrected chi connectivity index (χ0v) is 12.3. The predicted molar refractivity (Wildman–Crippen MR) is 70.7 cm³/mol. The Bertz CT molecular complexity index is 557. The van der Waals surface area contributed by atoms with Crippen molar-refractivity contribution < 1.29 is 9.59 Å². The molecule has 0 aromatic carbocycles. The molecule has 0 spiro atoms. The van der Waals surface area contributed by atoms with Crippen molar-refractivity contribution in [3.63, 3.8) is 0 Å². The van der Waals surface area contributed by atoms with E-state index in [4.69, 9.17) is 0 Å². The van der Waals surface area contributed by atoms with E-state index in [1.165, 1.54) is 25.9 Å². The number of amides is 2. The maximum Gasteiger partial charge on any atom is 0.273 e. The largest absolute Gasteiger partial charge is 0.354 e. The van der Waals surface area contributed by atoms with E-state index >= 15 is 0 Å². The van der Waals surface area contributed by atoms with Crippen LogP contribution in [0.3, 0.4) is 0 Å². The van der Waals surface area contributed by atoms with Gasteiger partial charge in [-0.2, -0.15) is 0 Å². The first kappa shape index (κ1) is 13.8. The second kappa shape index (κ2) is 6.04. The molecule has 0 fully saturated rings. The number of nitrogens with one attached hydrogen (secondary N) is 2. The Labute approximate surface area is 120 Å². The molecule has 0 aliphatic heterocycles. The zero-order valence-electron chi connectivity index (χ0n) is 9.83. The van der Waals surface area contributed by atoms with Crippen LogP contribution >= 0.6 is 34.8 Å². The Kier molecular flexibility index (Phi) is 4.39. The molecule has 2 rings (SSSR count). The molecule has 0 aliphatic carbocycles. The van der Waals surface area contributed by atoms with Crippen LogP contribution in [0.25, 0.3) is 0 Å². The highest BCUT2D eigenvalue weighted by Crippen LogP contribution is 2.35. The van der Waals surface area contributed by atoms with Crippen LogP contribution in [-0.4, -0.2) is 45.1 Å². The van der Waals surface area contributed by atoms with Crippen LogP contribution in [0.1, 0.15) is 21.0 Å². The highest BCUT2D eigenvalue weighted by atomic mass is 32.2. The SMILES string of the molecule is CNC(=O)c1nnsc1Sc1snnc1C(=O)NC. The second-order valence-corrected chi connectivity index (χ2v) is 6.12. The van der Waals surface area contributed by atoms with Crippen LogP contribution in [0, 0.1) is 0 Å². The lowest BCUT2D eigenvalue weighted by Gasteiger charge is -1.99. The molecule has 0 atom stereocenters. The van der Waals surface area contributed by atoms with Gasteiger partial charge in [0.2, 0.25) is 0 Å². The molecule has 19 heavy (non-hydrogen) atoms. The first-order valence-electron chi connectivity index (χ1n) is 4.94. The van der Waals surface area contributed by atoms with Crippen LogP contribution in [-0.2, 0) is 0 Å². The number of aromatic nitrogens is 4. The van der Waals surface area contributed by atoms with Crippen molar-refractivity contribution in [1.29, 1.82) is 0 Å². The van der Waals surface area contributed by atoms with E-state index in [1.807, 2.05) is 0 Å². The monoisotopic (exact) mass is 316 g/mol. The quantitative estimate of drug-likeness (QED) is 0.832. The smallest absolute Gasteiger partial charge is 0.273 e. The fourth-order valence-electron chi connectivity index (χ4n) is 1.10. The number of carbonyl (C=O) groups excluding carboxylic acids is 2. The molecule has 2 heterocycles. The fraction of sp³-hybridized carbons (Fsp3) is 0.250. The minimum Gasteiger partial charge on any atom is -0.354 e. The van der Waals surface area contributed by atoms with E-state index < -0.39 is 0 Å². The van der Waals surface area contributed by atoms with Crippen LogP contribution in [0.5, 0.6) is 0 Å². The summed E-state index contributed by atoms with van der Waals surface area (Å²) in [6.07, 6.45) is 0. The molecule has 2 aromatic rings. The summed E-state index contributed by atoms with van der Waals surface area (Å²) in [4.78, 5) is 23.1. The first-order valence-corrected chi connectivity index (χ1v) is 7.30.